The van der Waals surface area contributed by atoms with Gasteiger partial charge in [0.25, 0.3) is 0 Å². The third-order valence-electron chi connectivity index (χ3n) is 4.39. The van der Waals surface area contributed by atoms with Gasteiger partial charge in [0.2, 0.25) is 0 Å². The maximum atomic E-state index is 12.6. The number of H-pyrrole nitrogens is 1. The number of nitrogens with one attached hydrogen (secondary N) is 1. The molecule has 0 spiro atoms. The number of ketones is 1. The third kappa shape index (κ3) is 2.59. The smallest absolute Gasteiger partial charge is 0.170 e. The van der Waals surface area contributed by atoms with Crippen LogP contribution in [0.15, 0.2) is 54.3 Å². The number of nitrogens with zero attached hydrogens (tertiary/aromatic N) is 1. The van der Waals surface area contributed by atoms with Crippen LogP contribution in [0.5, 0.6) is 0 Å². The average Bonchev–Trinajstić information content (AvgIpc) is 2.97. The molecule has 24 heavy (non-hydrogen) atoms. The summed E-state index contributed by atoms with van der Waals surface area (Å²) >= 11 is 6.03. The number of para-hydroxylation sites is 2. The molecular formula is C19H15ClN2O2. The van der Waals surface area contributed by atoms with Gasteiger partial charge in [-0.2, -0.15) is 0 Å². The number of benzene rings is 2. The number of aromatic nitrogens is 2. The van der Waals surface area contributed by atoms with Crippen LogP contribution in [-0.2, 0) is 4.79 Å². The molecule has 0 amide bonds. The predicted octanol–water partition coefficient (Wildman–Crippen LogP) is 4.63. The Labute approximate surface area is 143 Å². The fraction of sp³-hybridized carbons (Fsp3) is 0.158. The molecule has 0 saturated carbocycles. The van der Waals surface area contributed by atoms with E-state index in [1.807, 2.05) is 42.5 Å². The van der Waals surface area contributed by atoms with Crippen molar-refractivity contribution in [3.63, 3.8) is 0 Å². The fourth-order valence-electron chi connectivity index (χ4n) is 3.23. The summed E-state index contributed by atoms with van der Waals surface area (Å²) < 4.78 is 0. The maximum absolute atomic E-state index is 12.6. The lowest BCUT2D eigenvalue weighted by atomic mass is 9.82. The van der Waals surface area contributed by atoms with E-state index in [9.17, 15) is 9.90 Å². The normalized spacial score (nSPS) is 18.4. The Hall–Kier alpha value is -2.59. The number of Topliss-reactive ketones (excluding diaryl/α,β-unsaturated/α-hetero) is 1. The molecule has 3 aromatic rings. The number of carbonyl (C=O) groups excluding carboxylic acids is 1. The number of aliphatic hydroxyl groups excluding tert-OH is 1. The van der Waals surface area contributed by atoms with Gasteiger partial charge in [-0.25, -0.2) is 4.98 Å². The van der Waals surface area contributed by atoms with Gasteiger partial charge >= 0.3 is 0 Å². The van der Waals surface area contributed by atoms with Crippen molar-refractivity contribution in [2.24, 2.45) is 0 Å². The molecule has 2 N–H and O–H groups in total. The second kappa shape index (κ2) is 5.80. The minimum absolute atomic E-state index is 0.0654. The Morgan fingerprint density at radius 2 is 1.96 bits per heavy atom. The van der Waals surface area contributed by atoms with Crippen LogP contribution in [0, 0.1) is 0 Å². The van der Waals surface area contributed by atoms with Crippen LogP contribution in [0.4, 0.5) is 0 Å². The van der Waals surface area contributed by atoms with Crippen molar-refractivity contribution >= 4 is 34.0 Å². The third-order valence-corrected chi connectivity index (χ3v) is 4.62. The number of carbonyl (C=O) groups is 1. The molecule has 1 heterocycles. The van der Waals surface area contributed by atoms with Gasteiger partial charge in [-0.1, -0.05) is 35.9 Å². The van der Waals surface area contributed by atoms with E-state index in [1.165, 1.54) is 0 Å². The second-order valence-electron chi connectivity index (χ2n) is 6.01. The summed E-state index contributed by atoms with van der Waals surface area (Å²) in [6.07, 6.45) is 0.731. The lowest BCUT2D eigenvalue weighted by molar-refractivity contribution is -0.114. The quantitative estimate of drug-likeness (QED) is 0.715. The Kier molecular flexibility index (Phi) is 3.62. The first kappa shape index (κ1) is 15.0. The van der Waals surface area contributed by atoms with Crippen LogP contribution in [0.25, 0.3) is 16.6 Å². The van der Waals surface area contributed by atoms with Gasteiger partial charge in [0.05, 0.1) is 16.6 Å². The molecule has 1 atom stereocenters. The molecule has 0 bridgehead atoms. The van der Waals surface area contributed by atoms with Gasteiger partial charge in [-0.15, -0.1) is 0 Å². The Morgan fingerprint density at radius 3 is 2.71 bits per heavy atom. The number of rotatable bonds is 2. The zero-order chi connectivity index (χ0) is 16.7. The number of aromatic amines is 1. The first-order chi connectivity index (χ1) is 11.6. The molecule has 0 radical (unpaired) electrons. The highest BCUT2D eigenvalue weighted by Crippen LogP contribution is 2.37. The summed E-state index contributed by atoms with van der Waals surface area (Å²) in [5.41, 5.74) is 2.88. The summed E-state index contributed by atoms with van der Waals surface area (Å²) in [6.45, 7) is 0. The van der Waals surface area contributed by atoms with Crippen LogP contribution in [0.3, 0.4) is 0 Å². The first-order valence-corrected chi connectivity index (χ1v) is 8.15. The molecule has 1 aliphatic carbocycles. The highest BCUT2D eigenvalue weighted by molar-refractivity contribution is 6.30. The van der Waals surface area contributed by atoms with E-state index in [4.69, 9.17) is 11.6 Å². The van der Waals surface area contributed by atoms with Crippen LogP contribution >= 0.6 is 11.6 Å². The second-order valence-corrected chi connectivity index (χ2v) is 6.44. The van der Waals surface area contributed by atoms with E-state index < -0.39 is 0 Å². The first-order valence-electron chi connectivity index (χ1n) is 7.77. The van der Waals surface area contributed by atoms with Crippen LogP contribution < -0.4 is 0 Å². The molecule has 4 rings (SSSR count). The number of fused-ring (bicyclic) bond motifs is 1. The van der Waals surface area contributed by atoms with Crippen molar-refractivity contribution in [1.29, 1.82) is 0 Å². The van der Waals surface area contributed by atoms with Crippen LogP contribution in [0.1, 0.15) is 30.1 Å². The summed E-state index contributed by atoms with van der Waals surface area (Å²) in [6, 6.07) is 15.0. The summed E-state index contributed by atoms with van der Waals surface area (Å²) in [4.78, 5) is 20.2. The van der Waals surface area contributed by atoms with E-state index in [1.54, 1.807) is 6.07 Å². The van der Waals surface area contributed by atoms with Gasteiger partial charge in [0, 0.05) is 17.9 Å². The largest absolute Gasteiger partial charge is 0.511 e. The molecule has 0 fully saturated rings. The lowest BCUT2D eigenvalue weighted by Gasteiger charge is -2.23. The molecule has 2 aromatic carbocycles. The number of hydrogen-bond acceptors (Lipinski definition) is 3. The van der Waals surface area contributed by atoms with Crippen molar-refractivity contribution in [3.05, 3.63) is 70.7 Å². The monoisotopic (exact) mass is 338 g/mol. The number of halogens is 1. The number of allylic oxidation sites excluding steroid dienone is 2. The van der Waals surface area contributed by atoms with Crippen molar-refractivity contribution in [3.8, 4) is 0 Å². The van der Waals surface area contributed by atoms with E-state index in [-0.39, 0.29) is 17.5 Å². The number of aliphatic hydroxyl groups is 1. The van der Waals surface area contributed by atoms with Crippen LogP contribution in [-0.4, -0.2) is 20.9 Å². The minimum atomic E-state index is -0.109. The molecule has 0 saturated heterocycles. The van der Waals surface area contributed by atoms with E-state index in [0.29, 0.717) is 29.3 Å². The zero-order valence-electron chi connectivity index (χ0n) is 12.8. The molecule has 5 heteroatoms. The highest BCUT2D eigenvalue weighted by Gasteiger charge is 2.31. The molecule has 120 valence electrons. The average molecular weight is 339 g/mol. The standard InChI is InChI=1S/C19H15ClN2O2/c20-13-5-3-4-11(8-13)12-9-16(23)18(17(24)10-12)19-21-14-6-1-2-7-15(14)22-19/h1-8,12,23H,9-10H2,(H,21,22). The molecule has 4 nitrogen and oxygen atoms in total. The topological polar surface area (TPSA) is 66.0 Å². The van der Waals surface area contributed by atoms with E-state index in [0.717, 1.165) is 16.6 Å². The maximum Gasteiger partial charge on any atom is 0.170 e. The van der Waals surface area contributed by atoms with Gasteiger partial charge in [-0.3, -0.25) is 4.79 Å². The fourth-order valence-corrected chi connectivity index (χ4v) is 3.43. The van der Waals surface area contributed by atoms with E-state index >= 15 is 0 Å². The SMILES string of the molecule is O=C1CC(c2cccc(Cl)c2)CC(O)=C1c1nc2ccccc2[nH]1. The molecule has 1 aliphatic rings. The Morgan fingerprint density at radius 1 is 1.12 bits per heavy atom. The van der Waals surface area contributed by atoms with Crippen molar-refractivity contribution in [2.75, 3.05) is 0 Å². The van der Waals surface area contributed by atoms with Gasteiger partial charge in [0.1, 0.15) is 11.6 Å². The predicted molar refractivity (Wildman–Crippen MR) is 94.1 cm³/mol. The highest BCUT2D eigenvalue weighted by atomic mass is 35.5. The van der Waals surface area contributed by atoms with Gasteiger partial charge < -0.3 is 10.1 Å². The van der Waals surface area contributed by atoms with Crippen molar-refractivity contribution < 1.29 is 9.90 Å². The van der Waals surface area contributed by atoms with Crippen molar-refractivity contribution in [2.45, 2.75) is 18.8 Å². The summed E-state index contributed by atoms with van der Waals surface area (Å²) in [7, 11) is 0. The Bertz CT molecular complexity index is 941. The Balaban J connectivity index is 1.72. The lowest BCUT2D eigenvalue weighted by Crippen LogP contribution is -2.18. The summed E-state index contributed by atoms with van der Waals surface area (Å²) in [5, 5.41) is 11.1. The zero-order valence-corrected chi connectivity index (χ0v) is 13.5. The molecular weight excluding hydrogens is 324 g/mol. The van der Waals surface area contributed by atoms with Crippen molar-refractivity contribution in [1.82, 2.24) is 9.97 Å². The minimum Gasteiger partial charge on any atom is -0.511 e. The molecule has 1 aromatic heterocycles. The molecule has 0 aliphatic heterocycles. The van der Waals surface area contributed by atoms with Gasteiger partial charge in [0.15, 0.2) is 5.78 Å². The number of hydrogen-bond donors (Lipinski definition) is 2. The molecule has 1 unspecified atom stereocenters. The van der Waals surface area contributed by atoms with Gasteiger partial charge in [-0.05, 0) is 35.7 Å². The number of imidazole rings is 1. The van der Waals surface area contributed by atoms with Crippen LogP contribution in [0.2, 0.25) is 5.02 Å². The summed E-state index contributed by atoms with van der Waals surface area (Å²) in [5.74, 6) is 0.339. The van der Waals surface area contributed by atoms with E-state index in [2.05, 4.69) is 9.97 Å².